The Morgan fingerprint density at radius 3 is 2.68 bits per heavy atom. The summed E-state index contributed by atoms with van der Waals surface area (Å²) < 4.78 is 2.01. The molecule has 2 heterocycles. The molecule has 1 saturated heterocycles. The van der Waals surface area contributed by atoms with E-state index in [4.69, 9.17) is 4.99 Å². The first-order chi connectivity index (χ1) is 13.1. The predicted molar refractivity (Wildman–Crippen MR) is 127 cm³/mol. The standard InChI is InChI=1S/C21H32N6.HI/c1-5-22-21(24-15-19-10-8-12-26(19)4)23-14-18-9-6-7-11-20(18)27-17(3)13-16(2)25-27;/h6-7,9,11,13,19H,5,8,10,12,14-15H2,1-4H3,(H2,22,23,24);1H. The fourth-order valence-corrected chi connectivity index (χ4v) is 3.68. The second-order valence-corrected chi connectivity index (χ2v) is 7.32. The van der Waals surface area contributed by atoms with Crippen LogP contribution >= 0.6 is 24.0 Å². The van der Waals surface area contributed by atoms with Gasteiger partial charge in [-0.1, -0.05) is 18.2 Å². The fourth-order valence-electron chi connectivity index (χ4n) is 3.68. The van der Waals surface area contributed by atoms with Gasteiger partial charge in [0.1, 0.15) is 0 Å². The Balaban J connectivity index is 0.00000280. The van der Waals surface area contributed by atoms with Crippen molar-refractivity contribution in [3.8, 4) is 5.69 Å². The van der Waals surface area contributed by atoms with E-state index in [1.54, 1.807) is 0 Å². The minimum absolute atomic E-state index is 0. The van der Waals surface area contributed by atoms with Gasteiger partial charge in [0.05, 0.1) is 17.9 Å². The molecule has 0 spiro atoms. The number of aliphatic imine (C=N–C) groups is 1. The summed E-state index contributed by atoms with van der Waals surface area (Å²) in [5.41, 5.74) is 4.43. The van der Waals surface area contributed by atoms with Crippen LogP contribution in [0, 0.1) is 13.8 Å². The molecule has 1 aliphatic rings. The van der Waals surface area contributed by atoms with E-state index in [0.717, 1.165) is 36.1 Å². The Kier molecular flexibility index (Phi) is 8.75. The van der Waals surface area contributed by atoms with Crippen molar-refractivity contribution in [1.82, 2.24) is 25.3 Å². The van der Waals surface area contributed by atoms with Crippen molar-refractivity contribution >= 4 is 29.9 Å². The number of guanidine groups is 1. The van der Waals surface area contributed by atoms with Gasteiger partial charge in [-0.25, -0.2) is 9.67 Å². The number of likely N-dealkylation sites (tertiary alicyclic amines) is 1. The Morgan fingerprint density at radius 2 is 2.04 bits per heavy atom. The first-order valence-corrected chi connectivity index (χ1v) is 9.92. The third kappa shape index (κ3) is 5.70. The summed E-state index contributed by atoms with van der Waals surface area (Å²) in [6, 6.07) is 11.0. The maximum atomic E-state index is 4.83. The van der Waals surface area contributed by atoms with Crippen LogP contribution < -0.4 is 10.6 Å². The average Bonchev–Trinajstić information content (AvgIpc) is 3.22. The van der Waals surface area contributed by atoms with Crippen LogP contribution in [0.4, 0.5) is 0 Å². The molecule has 1 aliphatic heterocycles. The van der Waals surface area contributed by atoms with E-state index in [1.807, 2.05) is 11.6 Å². The average molecular weight is 496 g/mol. The molecule has 28 heavy (non-hydrogen) atoms. The summed E-state index contributed by atoms with van der Waals surface area (Å²) >= 11 is 0. The van der Waals surface area contributed by atoms with Crippen LogP contribution in [-0.2, 0) is 6.54 Å². The van der Waals surface area contributed by atoms with E-state index in [2.05, 4.69) is 71.9 Å². The summed E-state index contributed by atoms with van der Waals surface area (Å²) in [6.07, 6.45) is 2.54. The monoisotopic (exact) mass is 496 g/mol. The molecule has 2 N–H and O–H groups in total. The molecule has 3 rings (SSSR count). The minimum atomic E-state index is 0. The molecule has 0 aliphatic carbocycles. The second kappa shape index (κ2) is 10.8. The fraction of sp³-hybridized carbons (Fsp3) is 0.524. The van der Waals surface area contributed by atoms with Gasteiger partial charge in [-0.05, 0) is 64.9 Å². The highest BCUT2D eigenvalue weighted by atomic mass is 127. The van der Waals surface area contributed by atoms with Crippen LogP contribution in [0.25, 0.3) is 5.69 Å². The molecule has 7 heteroatoms. The van der Waals surface area contributed by atoms with Gasteiger partial charge in [-0.3, -0.25) is 0 Å². The lowest BCUT2D eigenvalue weighted by molar-refractivity contribution is 0.309. The molecule has 2 aromatic rings. The number of benzene rings is 1. The van der Waals surface area contributed by atoms with E-state index in [0.29, 0.717) is 12.6 Å². The number of para-hydroxylation sites is 1. The molecule has 0 bridgehead atoms. The predicted octanol–water partition coefficient (Wildman–Crippen LogP) is 3.26. The third-order valence-corrected chi connectivity index (χ3v) is 5.16. The minimum Gasteiger partial charge on any atom is -0.357 e. The van der Waals surface area contributed by atoms with Crippen molar-refractivity contribution in [2.75, 3.05) is 26.7 Å². The molecular weight excluding hydrogens is 463 g/mol. The summed E-state index contributed by atoms with van der Waals surface area (Å²) in [6.45, 7) is 9.80. The molecule has 0 amide bonds. The van der Waals surface area contributed by atoms with Gasteiger partial charge in [0, 0.05) is 24.8 Å². The van der Waals surface area contributed by atoms with Crippen LogP contribution in [0.1, 0.15) is 36.7 Å². The highest BCUT2D eigenvalue weighted by molar-refractivity contribution is 14.0. The summed E-state index contributed by atoms with van der Waals surface area (Å²) in [7, 11) is 2.20. The largest absolute Gasteiger partial charge is 0.357 e. The molecule has 6 nitrogen and oxygen atoms in total. The Hall–Kier alpha value is -1.61. The first kappa shape index (κ1) is 22.7. The summed E-state index contributed by atoms with van der Waals surface area (Å²) in [5.74, 6) is 0.876. The zero-order valence-electron chi connectivity index (χ0n) is 17.4. The van der Waals surface area contributed by atoms with Crippen molar-refractivity contribution < 1.29 is 0 Å². The van der Waals surface area contributed by atoms with Gasteiger partial charge < -0.3 is 15.5 Å². The second-order valence-electron chi connectivity index (χ2n) is 7.32. The van der Waals surface area contributed by atoms with E-state index in [9.17, 15) is 0 Å². The number of aromatic nitrogens is 2. The Bertz CT molecular complexity index is 785. The SMILES string of the molecule is CCNC(=NCc1ccccc1-n1nc(C)cc1C)NCC1CCCN1C.I. The highest BCUT2D eigenvalue weighted by Crippen LogP contribution is 2.18. The molecule has 1 aromatic carbocycles. The number of halogens is 1. The number of hydrogen-bond donors (Lipinski definition) is 2. The number of hydrogen-bond acceptors (Lipinski definition) is 3. The van der Waals surface area contributed by atoms with Crippen LogP contribution in [0.5, 0.6) is 0 Å². The first-order valence-electron chi connectivity index (χ1n) is 9.92. The highest BCUT2D eigenvalue weighted by Gasteiger charge is 2.20. The Labute approximate surface area is 185 Å². The third-order valence-electron chi connectivity index (χ3n) is 5.16. The van der Waals surface area contributed by atoms with Crippen molar-refractivity contribution in [3.05, 3.63) is 47.3 Å². The molecule has 154 valence electrons. The lowest BCUT2D eigenvalue weighted by Crippen LogP contribution is -2.44. The molecule has 0 saturated carbocycles. The lowest BCUT2D eigenvalue weighted by atomic mass is 10.2. The molecular formula is C21H33IN6. The van der Waals surface area contributed by atoms with Crippen LogP contribution in [-0.4, -0.2) is 53.4 Å². The van der Waals surface area contributed by atoms with Gasteiger partial charge in [0.25, 0.3) is 0 Å². The van der Waals surface area contributed by atoms with Gasteiger partial charge in [0.2, 0.25) is 0 Å². The van der Waals surface area contributed by atoms with E-state index in [1.165, 1.54) is 24.9 Å². The van der Waals surface area contributed by atoms with E-state index in [-0.39, 0.29) is 24.0 Å². The molecule has 0 radical (unpaired) electrons. The number of aryl methyl sites for hydroxylation is 2. The Morgan fingerprint density at radius 1 is 1.25 bits per heavy atom. The number of nitrogens with one attached hydrogen (secondary N) is 2. The lowest BCUT2D eigenvalue weighted by Gasteiger charge is -2.21. The zero-order valence-corrected chi connectivity index (χ0v) is 19.7. The number of nitrogens with zero attached hydrogens (tertiary/aromatic N) is 4. The normalized spacial score (nSPS) is 17.4. The van der Waals surface area contributed by atoms with Crippen LogP contribution in [0.15, 0.2) is 35.3 Å². The summed E-state index contributed by atoms with van der Waals surface area (Å²) in [5, 5.41) is 11.5. The van der Waals surface area contributed by atoms with Gasteiger partial charge in [0.15, 0.2) is 5.96 Å². The molecule has 1 unspecified atom stereocenters. The van der Waals surface area contributed by atoms with Gasteiger partial charge >= 0.3 is 0 Å². The van der Waals surface area contributed by atoms with Crippen molar-refractivity contribution in [3.63, 3.8) is 0 Å². The molecule has 1 atom stereocenters. The summed E-state index contributed by atoms with van der Waals surface area (Å²) in [4.78, 5) is 7.25. The quantitative estimate of drug-likeness (QED) is 0.366. The van der Waals surface area contributed by atoms with Gasteiger partial charge in [-0.2, -0.15) is 5.10 Å². The van der Waals surface area contributed by atoms with E-state index < -0.39 is 0 Å². The maximum Gasteiger partial charge on any atom is 0.191 e. The van der Waals surface area contributed by atoms with Crippen LogP contribution in [0.3, 0.4) is 0 Å². The van der Waals surface area contributed by atoms with Crippen molar-refractivity contribution in [2.24, 2.45) is 4.99 Å². The molecule has 1 aromatic heterocycles. The molecule has 1 fully saturated rings. The number of rotatable bonds is 6. The smallest absolute Gasteiger partial charge is 0.191 e. The topological polar surface area (TPSA) is 57.5 Å². The van der Waals surface area contributed by atoms with E-state index >= 15 is 0 Å². The number of likely N-dealkylation sites (N-methyl/N-ethyl adjacent to an activating group) is 1. The zero-order chi connectivity index (χ0) is 19.2. The van der Waals surface area contributed by atoms with Crippen LogP contribution in [0.2, 0.25) is 0 Å². The van der Waals surface area contributed by atoms with Crippen molar-refractivity contribution in [2.45, 2.75) is 46.2 Å². The van der Waals surface area contributed by atoms with Crippen molar-refractivity contribution in [1.29, 1.82) is 0 Å². The maximum absolute atomic E-state index is 4.83. The van der Waals surface area contributed by atoms with Gasteiger partial charge in [-0.15, -0.1) is 24.0 Å².